The van der Waals surface area contributed by atoms with Crippen LogP contribution in [0.5, 0.6) is 0 Å². The third-order valence-corrected chi connectivity index (χ3v) is 3.74. The number of anilines is 2. The quantitative estimate of drug-likeness (QED) is 0.910. The molecule has 1 saturated carbocycles. The van der Waals surface area contributed by atoms with Gasteiger partial charge in [-0.1, -0.05) is 11.6 Å². The molecule has 5 nitrogen and oxygen atoms in total. The first-order valence-corrected chi connectivity index (χ1v) is 6.96. The third kappa shape index (κ3) is 2.65. The van der Waals surface area contributed by atoms with Crippen molar-refractivity contribution >= 4 is 23.2 Å². The van der Waals surface area contributed by atoms with E-state index in [1.807, 2.05) is 6.07 Å². The van der Waals surface area contributed by atoms with Crippen LogP contribution in [-0.2, 0) is 0 Å². The van der Waals surface area contributed by atoms with Crippen molar-refractivity contribution in [1.82, 2.24) is 9.78 Å². The largest absolute Gasteiger partial charge is 0.382 e. The van der Waals surface area contributed by atoms with Crippen molar-refractivity contribution in [3.05, 3.63) is 34.6 Å². The summed E-state index contributed by atoms with van der Waals surface area (Å²) in [5, 5.41) is 16.6. The molecule has 0 saturated heterocycles. The molecule has 0 radical (unpaired) electrons. The molecule has 0 bridgehead atoms. The number of nitrogen functional groups attached to an aromatic ring is 1. The van der Waals surface area contributed by atoms with Crippen molar-refractivity contribution in [1.29, 1.82) is 5.26 Å². The van der Waals surface area contributed by atoms with E-state index in [9.17, 15) is 9.65 Å². The fraction of sp³-hybridized carbons (Fsp3) is 0.286. The number of halogens is 2. The highest BCUT2D eigenvalue weighted by molar-refractivity contribution is 6.30. The molecule has 21 heavy (non-hydrogen) atoms. The van der Waals surface area contributed by atoms with Gasteiger partial charge in [0.25, 0.3) is 0 Å². The van der Waals surface area contributed by atoms with Gasteiger partial charge in [0.1, 0.15) is 23.3 Å². The highest BCUT2D eigenvalue weighted by Gasteiger charge is 2.23. The number of nitrogens with one attached hydrogen (secondary N) is 1. The highest BCUT2D eigenvalue weighted by Crippen LogP contribution is 2.31. The third-order valence-electron chi connectivity index (χ3n) is 3.44. The molecule has 0 unspecified atom stereocenters. The molecule has 1 aliphatic carbocycles. The van der Waals surface area contributed by atoms with Crippen LogP contribution in [0.2, 0.25) is 5.02 Å². The minimum atomic E-state index is -0.560. The molecule has 1 aromatic heterocycles. The van der Waals surface area contributed by atoms with E-state index < -0.39 is 5.82 Å². The minimum absolute atomic E-state index is 0.0251. The summed E-state index contributed by atoms with van der Waals surface area (Å²) in [7, 11) is 0. The van der Waals surface area contributed by atoms with Crippen LogP contribution in [0.1, 0.15) is 18.4 Å². The molecule has 2 aromatic rings. The Bertz CT molecular complexity index is 730. The number of benzene rings is 1. The second-order valence-electron chi connectivity index (χ2n) is 5.06. The van der Waals surface area contributed by atoms with Gasteiger partial charge < -0.3 is 11.1 Å². The zero-order valence-corrected chi connectivity index (χ0v) is 11.9. The van der Waals surface area contributed by atoms with Crippen molar-refractivity contribution in [3.63, 3.8) is 0 Å². The van der Waals surface area contributed by atoms with Crippen molar-refractivity contribution in [2.75, 3.05) is 17.6 Å². The normalized spacial score (nSPS) is 14.0. The summed E-state index contributed by atoms with van der Waals surface area (Å²) in [6, 6.07) is 6.29. The number of rotatable bonds is 4. The predicted octanol–water partition coefficient (Wildman–Crippen LogP) is 2.94. The molecule has 1 aliphatic rings. The fourth-order valence-corrected chi connectivity index (χ4v) is 2.16. The Morgan fingerprint density at radius 2 is 2.29 bits per heavy atom. The van der Waals surface area contributed by atoms with Gasteiger partial charge in [-0.25, -0.2) is 9.07 Å². The number of nitriles is 1. The van der Waals surface area contributed by atoms with Gasteiger partial charge in [-0.3, -0.25) is 0 Å². The van der Waals surface area contributed by atoms with Crippen molar-refractivity contribution in [3.8, 4) is 11.8 Å². The zero-order valence-electron chi connectivity index (χ0n) is 11.1. The number of aromatic nitrogens is 2. The van der Waals surface area contributed by atoms with Gasteiger partial charge in [-0.05, 0) is 30.9 Å². The number of hydrogen-bond donors (Lipinski definition) is 2. The molecule has 0 spiro atoms. The molecule has 1 aromatic carbocycles. The van der Waals surface area contributed by atoms with Crippen molar-refractivity contribution < 1.29 is 4.39 Å². The topological polar surface area (TPSA) is 79.7 Å². The first-order valence-electron chi connectivity index (χ1n) is 6.58. The van der Waals surface area contributed by atoms with Crippen LogP contribution < -0.4 is 11.1 Å². The standard InChI is InChI=1S/C14H13ClFN5/c15-11-4-3-9(5-12(11)16)21-13(18)10(6-17)14(20-21)19-7-8-1-2-8/h3-5,8H,1-2,7,18H2,(H,19,20). The predicted molar refractivity (Wildman–Crippen MR) is 78.9 cm³/mol. The van der Waals surface area contributed by atoms with Crippen LogP contribution in [-0.4, -0.2) is 16.3 Å². The second kappa shape index (κ2) is 5.26. The van der Waals surface area contributed by atoms with Crippen LogP contribution in [0, 0.1) is 23.1 Å². The Morgan fingerprint density at radius 1 is 1.52 bits per heavy atom. The lowest BCUT2D eigenvalue weighted by atomic mass is 10.3. The monoisotopic (exact) mass is 305 g/mol. The average molecular weight is 306 g/mol. The Hall–Kier alpha value is -2.26. The van der Waals surface area contributed by atoms with Gasteiger partial charge in [-0.15, -0.1) is 5.10 Å². The van der Waals surface area contributed by atoms with Crippen LogP contribution in [0.15, 0.2) is 18.2 Å². The maximum atomic E-state index is 13.6. The first kappa shape index (κ1) is 13.7. The Kier molecular flexibility index (Phi) is 3.43. The molecule has 1 heterocycles. The Labute approximate surface area is 126 Å². The molecule has 7 heteroatoms. The van der Waals surface area contributed by atoms with E-state index in [-0.39, 0.29) is 16.4 Å². The minimum Gasteiger partial charge on any atom is -0.382 e. The van der Waals surface area contributed by atoms with Gasteiger partial charge in [0.15, 0.2) is 5.82 Å². The Morgan fingerprint density at radius 3 is 2.90 bits per heavy atom. The second-order valence-corrected chi connectivity index (χ2v) is 5.46. The Balaban J connectivity index is 1.97. The van der Waals surface area contributed by atoms with E-state index in [1.54, 1.807) is 6.07 Å². The fourth-order valence-electron chi connectivity index (χ4n) is 2.04. The molecule has 0 aliphatic heterocycles. The molecule has 1 fully saturated rings. The van der Waals surface area contributed by atoms with Gasteiger partial charge >= 0.3 is 0 Å². The molecular weight excluding hydrogens is 293 g/mol. The van der Waals surface area contributed by atoms with E-state index in [0.717, 1.165) is 6.54 Å². The maximum absolute atomic E-state index is 13.6. The molecule has 0 amide bonds. The molecule has 108 valence electrons. The van der Waals surface area contributed by atoms with Gasteiger partial charge in [-0.2, -0.15) is 5.26 Å². The summed E-state index contributed by atoms with van der Waals surface area (Å²) in [5.74, 6) is 0.681. The molecular formula is C14H13ClFN5. The number of hydrogen-bond acceptors (Lipinski definition) is 4. The summed E-state index contributed by atoms with van der Waals surface area (Å²) in [4.78, 5) is 0. The number of nitrogens with zero attached hydrogens (tertiary/aromatic N) is 3. The van der Waals surface area contributed by atoms with Gasteiger partial charge in [0.05, 0.1) is 10.7 Å². The van der Waals surface area contributed by atoms with Gasteiger partial charge in [0, 0.05) is 12.6 Å². The summed E-state index contributed by atoms with van der Waals surface area (Å²) in [6.45, 7) is 0.764. The summed E-state index contributed by atoms with van der Waals surface area (Å²) in [6.07, 6.45) is 2.38. The summed E-state index contributed by atoms with van der Waals surface area (Å²) < 4.78 is 14.9. The molecule has 3 rings (SSSR count). The van der Waals surface area contributed by atoms with E-state index in [0.29, 0.717) is 17.4 Å². The molecule has 0 atom stereocenters. The van der Waals surface area contributed by atoms with E-state index in [2.05, 4.69) is 10.4 Å². The van der Waals surface area contributed by atoms with Crippen LogP contribution in [0.25, 0.3) is 5.69 Å². The smallest absolute Gasteiger partial charge is 0.168 e. The van der Waals surface area contributed by atoms with Gasteiger partial charge in [0.2, 0.25) is 0 Å². The lowest BCUT2D eigenvalue weighted by Gasteiger charge is -2.04. The van der Waals surface area contributed by atoms with E-state index in [1.165, 1.54) is 29.7 Å². The van der Waals surface area contributed by atoms with E-state index >= 15 is 0 Å². The van der Waals surface area contributed by atoms with Crippen LogP contribution >= 0.6 is 11.6 Å². The first-order chi connectivity index (χ1) is 10.1. The lowest BCUT2D eigenvalue weighted by Crippen LogP contribution is -2.05. The zero-order chi connectivity index (χ0) is 15.0. The molecule has 3 N–H and O–H groups in total. The SMILES string of the molecule is N#Cc1c(NCC2CC2)nn(-c2ccc(Cl)c(F)c2)c1N. The van der Waals surface area contributed by atoms with Crippen LogP contribution in [0.4, 0.5) is 16.0 Å². The van der Waals surface area contributed by atoms with Crippen LogP contribution in [0.3, 0.4) is 0 Å². The van der Waals surface area contributed by atoms with Crippen molar-refractivity contribution in [2.24, 2.45) is 5.92 Å². The maximum Gasteiger partial charge on any atom is 0.168 e. The van der Waals surface area contributed by atoms with E-state index in [4.69, 9.17) is 17.3 Å². The lowest BCUT2D eigenvalue weighted by molar-refractivity contribution is 0.626. The number of nitrogens with two attached hydrogens (primary N) is 1. The van der Waals surface area contributed by atoms with Crippen molar-refractivity contribution in [2.45, 2.75) is 12.8 Å². The average Bonchev–Trinajstić information content (AvgIpc) is 3.24. The highest BCUT2D eigenvalue weighted by atomic mass is 35.5. The summed E-state index contributed by atoms with van der Waals surface area (Å²) in [5.41, 5.74) is 6.63. The summed E-state index contributed by atoms with van der Waals surface area (Å²) >= 11 is 5.66.